The quantitative estimate of drug-likeness (QED) is 0.804. The van der Waals surface area contributed by atoms with Gasteiger partial charge in [-0.25, -0.2) is 4.98 Å². The first-order chi connectivity index (χ1) is 9.31. The minimum absolute atomic E-state index is 0.0424. The summed E-state index contributed by atoms with van der Waals surface area (Å²) in [4.78, 5) is 30.0. The number of nitrogens with zero attached hydrogens (tertiary/aromatic N) is 3. The first-order valence-electron chi connectivity index (χ1n) is 5.79. The highest BCUT2D eigenvalue weighted by molar-refractivity contribution is 6.34. The number of aromatic nitrogens is 1. The van der Waals surface area contributed by atoms with E-state index in [1.54, 1.807) is 0 Å². The Morgan fingerprint density at radius 1 is 1.25 bits per heavy atom. The molecule has 0 fully saturated rings. The Morgan fingerprint density at radius 2 is 1.90 bits per heavy atom. The average molecular weight is 320 g/mol. The van der Waals surface area contributed by atoms with E-state index < -0.39 is 18.4 Å². The maximum atomic E-state index is 12.3. The molecule has 0 aromatic carbocycles. The van der Waals surface area contributed by atoms with Crippen LogP contribution in [-0.2, 0) is 4.79 Å². The number of rotatable bonds is 6. The second-order valence-electron chi connectivity index (χ2n) is 4.39. The molecule has 0 saturated carbocycles. The van der Waals surface area contributed by atoms with Gasteiger partial charge in [-0.15, -0.1) is 0 Å². The van der Waals surface area contributed by atoms with Crippen LogP contribution in [0.25, 0.3) is 0 Å². The number of hydrogen-bond donors (Lipinski definition) is 1. The molecule has 6 nitrogen and oxygen atoms in total. The van der Waals surface area contributed by atoms with E-state index in [4.69, 9.17) is 28.3 Å². The summed E-state index contributed by atoms with van der Waals surface area (Å²) >= 11 is 11.6. The van der Waals surface area contributed by atoms with Crippen LogP contribution in [0.5, 0.6) is 0 Å². The van der Waals surface area contributed by atoms with Gasteiger partial charge in [-0.1, -0.05) is 23.2 Å². The third-order valence-corrected chi connectivity index (χ3v) is 2.96. The molecule has 1 rings (SSSR count). The van der Waals surface area contributed by atoms with Gasteiger partial charge < -0.3 is 14.9 Å². The van der Waals surface area contributed by atoms with Crippen molar-refractivity contribution in [2.45, 2.75) is 0 Å². The van der Waals surface area contributed by atoms with Crippen LogP contribution in [-0.4, -0.2) is 65.5 Å². The largest absolute Gasteiger partial charge is 0.480 e. The van der Waals surface area contributed by atoms with E-state index >= 15 is 0 Å². The SMILES string of the molecule is CN(C)CCN(CC(=O)O)C(=O)c1nc(Cl)ccc1Cl. The average Bonchev–Trinajstić information content (AvgIpc) is 2.36. The molecule has 0 unspecified atom stereocenters. The monoisotopic (exact) mass is 319 g/mol. The number of pyridine rings is 1. The lowest BCUT2D eigenvalue weighted by Crippen LogP contribution is -2.40. The van der Waals surface area contributed by atoms with Gasteiger partial charge in [-0.2, -0.15) is 0 Å². The highest BCUT2D eigenvalue weighted by Crippen LogP contribution is 2.18. The number of carbonyl (C=O) groups excluding carboxylic acids is 1. The maximum Gasteiger partial charge on any atom is 0.323 e. The lowest BCUT2D eigenvalue weighted by Gasteiger charge is -2.22. The van der Waals surface area contributed by atoms with Crippen LogP contribution in [0.15, 0.2) is 12.1 Å². The summed E-state index contributed by atoms with van der Waals surface area (Å²) < 4.78 is 0. The maximum absolute atomic E-state index is 12.3. The second kappa shape index (κ2) is 7.42. The molecule has 1 amide bonds. The third kappa shape index (κ3) is 4.96. The van der Waals surface area contributed by atoms with Gasteiger partial charge in [0.1, 0.15) is 17.4 Å². The number of halogens is 2. The lowest BCUT2D eigenvalue weighted by molar-refractivity contribution is -0.137. The van der Waals surface area contributed by atoms with Crippen molar-refractivity contribution in [3.8, 4) is 0 Å². The van der Waals surface area contributed by atoms with E-state index in [1.165, 1.54) is 17.0 Å². The number of amides is 1. The Hall–Kier alpha value is -1.37. The summed E-state index contributed by atoms with van der Waals surface area (Å²) in [7, 11) is 3.65. The van der Waals surface area contributed by atoms with E-state index in [2.05, 4.69) is 4.98 Å². The Bertz CT molecular complexity index is 509. The van der Waals surface area contributed by atoms with Crippen molar-refractivity contribution < 1.29 is 14.7 Å². The molecule has 110 valence electrons. The summed E-state index contributed by atoms with van der Waals surface area (Å²) in [6.45, 7) is 0.358. The molecule has 0 aliphatic rings. The number of carboxylic acid groups (broad SMARTS) is 1. The number of carbonyl (C=O) groups is 2. The minimum atomic E-state index is -1.10. The molecule has 0 atom stereocenters. The highest BCUT2D eigenvalue weighted by Gasteiger charge is 2.22. The Labute approximate surface area is 126 Å². The molecule has 0 spiro atoms. The zero-order chi connectivity index (χ0) is 15.3. The van der Waals surface area contributed by atoms with Crippen LogP contribution < -0.4 is 0 Å². The van der Waals surface area contributed by atoms with Crippen LogP contribution >= 0.6 is 23.2 Å². The van der Waals surface area contributed by atoms with E-state index in [9.17, 15) is 9.59 Å². The van der Waals surface area contributed by atoms with Gasteiger partial charge in [-0.3, -0.25) is 9.59 Å². The summed E-state index contributed by atoms with van der Waals surface area (Å²) in [6.07, 6.45) is 0. The van der Waals surface area contributed by atoms with E-state index in [1.807, 2.05) is 19.0 Å². The fourth-order valence-corrected chi connectivity index (χ4v) is 1.79. The van der Waals surface area contributed by atoms with Gasteiger partial charge >= 0.3 is 5.97 Å². The predicted molar refractivity (Wildman–Crippen MR) is 76.4 cm³/mol. The smallest absolute Gasteiger partial charge is 0.323 e. The first kappa shape index (κ1) is 16.7. The molecule has 0 radical (unpaired) electrons. The normalized spacial score (nSPS) is 10.7. The van der Waals surface area contributed by atoms with Crippen molar-refractivity contribution >= 4 is 35.1 Å². The second-order valence-corrected chi connectivity index (χ2v) is 5.18. The van der Waals surface area contributed by atoms with Crippen LogP contribution in [0.2, 0.25) is 10.2 Å². The number of aliphatic carboxylic acids is 1. The number of carboxylic acids is 1. The predicted octanol–water partition coefficient (Wildman–Crippen LogP) is 1.48. The standard InChI is InChI=1S/C12H15Cl2N3O3/c1-16(2)5-6-17(7-10(18)19)12(20)11-8(13)3-4-9(14)15-11/h3-4H,5-7H2,1-2H3,(H,18,19). The summed E-state index contributed by atoms with van der Waals surface area (Å²) in [5.74, 6) is -1.66. The van der Waals surface area contributed by atoms with Gasteiger partial charge in [-0.05, 0) is 26.2 Å². The Kier molecular flexibility index (Phi) is 6.19. The molecule has 1 N–H and O–H groups in total. The van der Waals surface area contributed by atoms with Crippen molar-refractivity contribution in [1.82, 2.24) is 14.8 Å². The molecule has 1 aromatic heterocycles. The summed E-state index contributed by atoms with van der Waals surface area (Å²) in [5, 5.41) is 9.15. The van der Waals surface area contributed by atoms with E-state index in [-0.39, 0.29) is 22.4 Å². The summed E-state index contributed by atoms with van der Waals surface area (Å²) in [5.41, 5.74) is -0.0424. The molecular formula is C12H15Cl2N3O3. The van der Waals surface area contributed by atoms with E-state index in [0.717, 1.165) is 0 Å². The molecule has 0 saturated heterocycles. The van der Waals surface area contributed by atoms with Crippen molar-refractivity contribution in [3.63, 3.8) is 0 Å². The van der Waals surface area contributed by atoms with Gasteiger partial charge in [0.2, 0.25) is 0 Å². The zero-order valence-electron chi connectivity index (χ0n) is 11.1. The third-order valence-electron chi connectivity index (χ3n) is 2.45. The zero-order valence-corrected chi connectivity index (χ0v) is 12.6. The van der Waals surface area contributed by atoms with Crippen molar-refractivity contribution in [1.29, 1.82) is 0 Å². The topological polar surface area (TPSA) is 73.7 Å². The number of hydrogen-bond acceptors (Lipinski definition) is 4. The molecule has 20 heavy (non-hydrogen) atoms. The van der Waals surface area contributed by atoms with Crippen molar-refractivity contribution in [2.24, 2.45) is 0 Å². The van der Waals surface area contributed by atoms with Gasteiger partial charge in [0.15, 0.2) is 0 Å². The Morgan fingerprint density at radius 3 is 2.45 bits per heavy atom. The fraction of sp³-hybridized carbons (Fsp3) is 0.417. The fourth-order valence-electron chi connectivity index (χ4n) is 1.45. The van der Waals surface area contributed by atoms with Gasteiger partial charge in [0.05, 0.1) is 5.02 Å². The minimum Gasteiger partial charge on any atom is -0.480 e. The Balaban J connectivity index is 2.96. The van der Waals surface area contributed by atoms with Crippen molar-refractivity contribution in [2.75, 3.05) is 33.7 Å². The molecule has 1 aromatic rings. The first-order valence-corrected chi connectivity index (χ1v) is 6.54. The molecule has 1 heterocycles. The van der Waals surface area contributed by atoms with E-state index in [0.29, 0.717) is 6.54 Å². The molecular weight excluding hydrogens is 305 g/mol. The molecule has 0 aliphatic carbocycles. The lowest BCUT2D eigenvalue weighted by atomic mass is 10.3. The molecule has 0 aliphatic heterocycles. The highest BCUT2D eigenvalue weighted by atomic mass is 35.5. The van der Waals surface area contributed by atoms with Crippen molar-refractivity contribution in [3.05, 3.63) is 28.0 Å². The van der Waals surface area contributed by atoms with Crippen LogP contribution in [0.4, 0.5) is 0 Å². The summed E-state index contributed by atoms with van der Waals surface area (Å²) in [6, 6.07) is 2.91. The van der Waals surface area contributed by atoms with Crippen LogP contribution in [0, 0.1) is 0 Å². The van der Waals surface area contributed by atoms with Gasteiger partial charge in [0.25, 0.3) is 5.91 Å². The van der Waals surface area contributed by atoms with Crippen LogP contribution in [0.1, 0.15) is 10.5 Å². The molecule has 0 bridgehead atoms. The molecule has 8 heteroatoms. The van der Waals surface area contributed by atoms with Crippen LogP contribution in [0.3, 0.4) is 0 Å². The number of likely N-dealkylation sites (N-methyl/N-ethyl adjacent to an activating group) is 1. The van der Waals surface area contributed by atoms with Gasteiger partial charge in [0, 0.05) is 13.1 Å².